The summed E-state index contributed by atoms with van der Waals surface area (Å²) in [6, 6.07) is 8.38. The minimum atomic E-state index is -1.23. The number of nitrogens with zero attached hydrogens (tertiary/aromatic N) is 4. The fraction of sp³-hybridized carbons (Fsp3) is 0.294. The van der Waals surface area contributed by atoms with E-state index < -0.39 is 37.1 Å². The minimum absolute atomic E-state index is 0.161. The van der Waals surface area contributed by atoms with Gasteiger partial charge in [0.1, 0.15) is 24.1 Å². The molecule has 4 rings (SSSR count). The predicted molar refractivity (Wildman–Crippen MR) is 93.0 cm³/mol. The molecule has 0 bridgehead atoms. The van der Waals surface area contributed by atoms with E-state index in [1.165, 1.54) is 17.2 Å². The van der Waals surface area contributed by atoms with Crippen LogP contribution in [0.3, 0.4) is 0 Å². The first-order valence-corrected chi connectivity index (χ1v) is 8.51. The summed E-state index contributed by atoms with van der Waals surface area (Å²) in [5.41, 5.74) is 1.03. The highest BCUT2D eigenvalue weighted by atomic mass is 35.5. The van der Waals surface area contributed by atoms with Crippen LogP contribution < -0.4 is 0 Å². The molecule has 0 aliphatic carbocycles. The molecule has 140 valence electrons. The zero-order valence-corrected chi connectivity index (χ0v) is 14.6. The van der Waals surface area contributed by atoms with Crippen molar-refractivity contribution < 1.29 is 24.5 Å². The Morgan fingerprint density at radius 1 is 1.26 bits per heavy atom. The minimum Gasteiger partial charge on any atom is -0.451 e. The molecular weight excluding hydrogens is 376 g/mol. The number of carbonyl (C=O) groups excluding carboxylic acids is 1. The second-order valence-electron chi connectivity index (χ2n) is 5.96. The van der Waals surface area contributed by atoms with Crippen molar-refractivity contribution in [2.45, 2.75) is 24.5 Å². The molecule has 0 amide bonds. The van der Waals surface area contributed by atoms with Crippen molar-refractivity contribution in [2.75, 3.05) is 6.61 Å². The molecule has 2 N–H and O–H groups in total. The van der Waals surface area contributed by atoms with Crippen molar-refractivity contribution in [2.24, 2.45) is 0 Å². The Morgan fingerprint density at radius 3 is 2.78 bits per heavy atom. The molecule has 3 heterocycles. The number of fused-ring (bicyclic) bond motifs is 1. The Morgan fingerprint density at radius 2 is 2.04 bits per heavy atom. The van der Waals surface area contributed by atoms with E-state index in [1.807, 2.05) is 0 Å². The zero-order valence-electron chi connectivity index (χ0n) is 13.8. The maximum absolute atomic E-state index is 12.5. The van der Waals surface area contributed by atoms with Gasteiger partial charge < -0.3 is 19.7 Å². The lowest BCUT2D eigenvalue weighted by molar-refractivity contribution is -0.0564. The lowest BCUT2D eigenvalue weighted by Crippen LogP contribution is -2.37. The van der Waals surface area contributed by atoms with E-state index in [4.69, 9.17) is 21.1 Å². The van der Waals surface area contributed by atoms with Crippen molar-refractivity contribution in [3.05, 3.63) is 53.7 Å². The van der Waals surface area contributed by atoms with Crippen LogP contribution in [0.4, 0.5) is 0 Å². The molecule has 3 aromatic rings. The summed E-state index contributed by atoms with van der Waals surface area (Å²) in [5, 5.41) is 20.1. The number of imidazole rings is 1. The van der Waals surface area contributed by atoms with Crippen molar-refractivity contribution >= 4 is 28.7 Å². The summed E-state index contributed by atoms with van der Waals surface area (Å²) < 4.78 is 12.7. The van der Waals surface area contributed by atoms with Crippen LogP contribution in [0, 0.1) is 0 Å². The van der Waals surface area contributed by atoms with Crippen LogP contribution in [-0.4, -0.2) is 60.6 Å². The largest absolute Gasteiger partial charge is 0.451 e. The SMILES string of the molecule is O=C(O[C@@H]1[C@H](O)[C@@H](CO)O[C@H]1n1cnc2c(Cl)ncnc21)c1ccccc1. The van der Waals surface area contributed by atoms with E-state index in [2.05, 4.69) is 15.0 Å². The molecule has 0 unspecified atom stereocenters. The van der Waals surface area contributed by atoms with Gasteiger partial charge in [-0.25, -0.2) is 19.7 Å². The van der Waals surface area contributed by atoms with Crippen molar-refractivity contribution in [1.29, 1.82) is 0 Å². The predicted octanol–water partition coefficient (Wildman–Crippen LogP) is 0.956. The Labute approximate surface area is 158 Å². The summed E-state index contributed by atoms with van der Waals surface area (Å²) in [6.45, 7) is -0.445. The number of benzene rings is 1. The second kappa shape index (κ2) is 7.20. The highest BCUT2D eigenvalue weighted by Gasteiger charge is 2.47. The number of rotatable bonds is 4. The number of aliphatic hydroxyl groups excluding tert-OH is 2. The highest BCUT2D eigenvalue weighted by Crippen LogP contribution is 2.34. The molecule has 10 heteroatoms. The maximum atomic E-state index is 12.5. The van der Waals surface area contributed by atoms with Crippen LogP contribution in [0.15, 0.2) is 43.0 Å². The molecule has 0 spiro atoms. The van der Waals surface area contributed by atoms with E-state index >= 15 is 0 Å². The Bertz CT molecular complexity index is 966. The molecule has 2 aromatic heterocycles. The molecule has 1 aromatic carbocycles. The molecule has 9 nitrogen and oxygen atoms in total. The number of halogens is 1. The van der Waals surface area contributed by atoms with E-state index in [0.29, 0.717) is 16.7 Å². The Kier molecular flexibility index (Phi) is 4.75. The summed E-state index contributed by atoms with van der Waals surface area (Å²) >= 11 is 6.02. The van der Waals surface area contributed by atoms with Crippen molar-refractivity contribution in [1.82, 2.24) is 19.5 Å². The summed E-state index contributed by atoms with van der Waals surface area (Å²) in [6.07, 6.45) is -1.52. The van der Waals surface area contributed by atoms with Gasteiger partial charge in [0.2, 0.25) is 0 Å². The standard InChI is InChI=1S/C17H15ClN4O5/c18-14-11-15(20-7-19-14)22(8-21-11)16-13(12(24)10(6-23)26-16)27-17(25)9-4-2-1-3-5-9/h1-5,7-8,10,12-13,16,23-24H,6H2/t10-,12-,13-,16-/m1/s1. The van der Waals surface area contributed by atoms with Gasteiger partial charge in [-0.15, -0.1) is 0 Å². The number of ether oxygens (including phenoxy) is 2. The first-order chi connectivity index (χ1) is 13.1. The van der Waals surface area contributed by atoms with Crippen LogP contribution in [0.1, 0.15) is 16.6 Å². The molecule has 4 atom stereocenters. The topological polar surface area (TPSA) is 120 Å². The van der Waals surface area contributed by atoms with Crippen LogP contribution in [0.5, 0.6) is 0 Å². The molecule has 1 saturated heterocycles. The first kappa shape index (κ1) is 17.8. The van der Waals surface area contributed by atoms with Gasteiger partial charge >= 0.3 is 5.97 Å². The smallest absolute Gasteiger partial charge is 0.338 e. The maximum Gasteiger partial charge on any atom is 0.338 e. The summed E-state index contributed by atoms with van der Waals surface area (Å²) in [7, 11) is 0. The monoisotopic (exact) mass is 390 g/mol. The molecule has 1 aliphatic rings. The lowest BCUT2D eigenvalue weighted by Gasteiger charge is -2.21. The number of hydrogen-bond donors (Lipinski definition) is 2. The lowest BCUT2D eigenvalue weighted by atomic mass is 10.1. The first-order valence-electron chi connectivity index (χ1n) is 8.13. The van der Waals surface area contributed by atoms with Gasteiger partial charge in [0.15, 0.2) is 23.1 Å². The van der Waals surface area contributed by atoms with Gasteiger partial charge in [0.25, 0.3) is 0 Å². The van der Waals surface area contributed by atoms with Crippen LogP contribution in [0.25, 0.3) is 11.2 Å². The molecule has 1 aliphatic heterocycles. The average Bonchev–Trinajstić information content (AvgIpc) is 3.25. The van der Waals surface area contributed by atoms with E-state index in [-0.39, 0.29) is 5.15 Å². The fourth-order valence-electron chi connectivity index (χ4n) is 3.00. The van der Waals surface area contributed by atoms with Gasteiger partial charge in [0, 0.05) is 0 Å². The zero-order chi connectivity index (χ0) is 19.0. The summed E-state index contributed by atoms with van der Waals surface area (Å²) in [5.74, 6) is -0.621. The highest BCUT2D eigenvalue weighted by molar-refractivity contribution is 6.33. The second-order valence-corrected chi connectivity index (χ2v) is 6.32. The van der Waals surface area contributed by atoms with Crippen molar-refractivity contribution in [3.8, 4) is 0 Å². The van der Waals surface area contributed by atoms with E-state index in [1.54, 1.807) is 30.3 Å². The third-order valence-corrected chi connectivity index (χ3v) is 4.61. The number of aliphatic hydroxyl groups is 2. The fourth-order valence-corrected chi connectivity index (χ4v) is 3.17. The molecular formula is C17H15ClN4O5. The number of esters is 1. The van der Waals surface area contributed by atoms with Gasteiger partial charge in [-0.3, -0.25) is 4.57 Å². The van der Waals surface area contributed by atoms with E-state index in [0.717, 1.165) is 0 Å². The van der Waals surface area contributed by atoms with Crippen LogP contribution in [0.2, 0.25) is 5.15 Å². The molecule has 0 radical (unpaired) electrons. The molecule has 1 fully saturated rings. The molecule has 0 saturated carbocycles. The van der Waals surface area contributed by atoms with Crippen molar-refractivity contribution in [3.63, 3.8) is 0 Å². The van der Waals surface area contributed by atoms with Gasteiger partial charge in [-0.1, -0.05) is 29.8 Å². The third-order valence-electron chi connectivity index (χ3n) is 4.33. The molecule has 27 heavy (non-hydrogen) atoms. The third kappa shape index (κ3) is 3.15. The normalized spacial score (nSPS) is 25.0. The number of hydrogen-bond acceptors (Lipinski definition) is 8. The average molecular weight is 391 g/mol. The van der Waals surface area contributed by atoms with Crippen LogP contribution >= 0.6 is 11.6 Å². The van der Waals surface area contributed by atoms with Gasteiger partial charge in [-0.2, -0.15) is 0 Å². The van der Waals surface area contributed by atoms with Gasteiger partial charge in [-0.05, 0) is 12.1 Å². The summed E-state index contributed by atoms with van der Waals surface area (Å²) in [4.78, 5) is 24.6. The number of carbonyl (C=O) groups is 1. The van der Waals surface area contributed by atoms with E-state index in [9.17, 15) is 15.0 Å². The number of aromatic nitrogens is 4. The van der Waals surface area contributed by atoms with Crippen LogP contribution in [-0.2, 0) is 9.47 Å². The van der Waals surface area contributed by atoms with Gasteiger partial charge in [0.05, 0.1) is 18.5 Å². The quantitative estimate of drug-likeness (QED) is 0.499. The Balaban J connectivity index is 1.69. The Hall–Kier alpha value is -2.59.